The van der Waals surface area contributed by atoms with E-state index < -0.39 is 0 Å². The standard InChI is InChI=1S/C16H26N2S/c1-12-10-13(18(4)5)6-7-14(12)17-15-11-19-9-8-16(15,2)3/h6-7,10,15,17H,8-9,11H2,1-5H3. The molecular formula is C16H26N2S. The molecule has 1 fully saturated rings. The third kappa shape index (κ3) is 3.38. The third-order valence-corrected chi connectivity index (χ3v) is 5.24. The zero-order chi connectivity index (χ0) is 14.0. The van der Waals surface area contributed by atoms with Crippen LogP contribution in [0.2, 0.25) is 0 Å². The number of anilines is 2. The summed E-state index contributed by atoms with van der Waals surface area (Å²) in [7, 11) is 4.17. The van der Waals surface area contributed by atoms with Gasteiger partial charge in [0.15, 0.2) is 0 Å². The van der Waals surface area contributed by atoms with Gasteiger partial charge in [-0.05, 0) is 48.3 Å². The second kappa shape index (κ2) is 5.66. The van der Waals surface area contributed by atoms with Crippen molar-refractivity contribution in [2.75, 3.05) is 35.8 Å². The van der Waals surface area contributed by atoms with Gasteiger partial charge in [0, 0.05) is 37.3 Å². The Morgan fingerprint density at radius 1 is 1.32 bits per heavy atom. The fourth-order valence-electron chi connectivity index (χ4n) is 2.45. The van der Waals surface area contributed by atoms with Crippen molar-refractivity contribution in [3.8, 4) is 0 Å². The molecule has 0 bridgehead atoms. The predicted molar refractivity (Wildman–Crippen MR) is 88.6 cm³/mol. The van der Waals surface area contributed by atoms with Crippen LogP contribution in [0.1, 0.15) is 25.8 Å². The number of hydrogen-bond acceptors (Lipinski definition) is 3. The molecule has 2 nitrogen and oxygen atoms in total. The van der Waals surface area contributed by atoms with Gasteiger partial charge in [-0.15, -0.1) is 0 Å². The minimum absolute atomic E-state index is 0.387. The fraction of sp³-hybridized carbons (Fsp3) is 0.625. The van der Waals surface area contributed by atoms with E-state index in [9.17, 15) is 0 Å². The van der Waals surface area contributed by atoms with E-state index in [1.54, 1.807) is 0 Å². The molecule has 2 rings (SSSR count). The Morgan fingerprint density at radius 3 is 2.63 bits per heavy atom. The molecule has 1 atom stereocenters. The van der Waals surface area contributed by atoms with Crippen LogP contribution in [0.15, 0.2) is 18.2 Å². The van der Waals surface area contributed by atoms with Gasteiger partial charge in [0.1, 0.15) is 0 Å². The maximum absolute atomic E-state index is 3.77. The number of hydrogen-bond donors (Lipinski definition) is 1. The third-order valence-electron chi connectivity index (χ3n) is 4.17. The van der Waals surface area contributed by atoms with Gasteiger partial charge in [-0.2, -0.15) is 11.8 Å². The highest BCUT2D eigenvalue weighted by molar-refractivity contribution is 7.99. The first-order valence-electron chi connectivity index (χ1n) is 7.02. The number of aryl methyl sites for hydroxylation is 1. The van der Waals surface area contributed by atoms with Crippen molar-refractivity contribution in [2.24, 2.45) is 5.41 Å². The normalized spacial score (nSPS) is 22.1. The number of nitrogens with one attached hydrogen (secondary N) is 1. The summed E-state index contributed by atoms with van der Waals surface area (Å²) in [5.41, 5.74) is 4.27. The molecule has 0 amide bonds. The average Bonchev–Trinajstić information content (AvgIpc) is 2.33. The van der Waals surface area contributed by atoms with Crippen molar-refractivity contribution in [2.45, 2.75) is 33.2 Å². The van der Waals surface area contributed by atoms with Crippen LogP contribution in [0.3, 0.4) is 0 Å². The Kier molecular flexibility index (Phi) is 4.34. The van der Waals surface area contributed by atoms with E-state index in [4.69, 9.17) is 0 Å². The average molecular weight is 278 g/mol. The Bertz CT molecular complexity index is 440. The Balaban J connectivity index is 2.14. The Morgan fingerprint density at radius 2 is 2.05 bits per heavy atom. The highest BCUT2D eigenvalue weighted by atomic mass is 32.2. The van der Waals surface area contributed by atoms with Crippen LogP contribution in [0.4, 0.5) is 11.4 Å². The van der Waals surface area contributed by atoms with E-state index in [2.05, 4.69) is 75.0 Å². The van der Waals surface area contributed by atoms with Crippen molar-refractivity contribution in [1.29, 1.82) is 0 Å². The summed E-state index contributed by atoms with van der Waals surface area (Å²) >= 11 is 2.07. The summed E-state index contributed by atoms with van der Waals surface area (Å²) in [5, 5.41) is 3.77. The highest BCUT2D eigenvalue weighted by Crippen LogP contribution is 2.36. The van der Waals surface area contributed by atoms with Gasteiger partial charge in [-0.1, -0.05) is 13.8 Å². The van der Waals surface area contributed by atoms with Gasteiger partial charge in [0.2, 0.25) is 0 Å². The molecule has 0 aromatic heterocycles. The first-order chi connectivity index (χ1) is 8.90. The van der Waals surface area contributed by atoms with E-state index in [0.717, 1.165) is 0 Å². The first kappa shape index (κ1) is 14.6. The van der Waals surface area contributed by atoms with E-state index in [0.29, 0.717) is 11.5 Å². The minimum atomic E-state index is 0.387. The molecule has 1 aromatic rings. The van der Waals surface area contributed by atoms with Crippen LogP contribution in [0.25, 0.3) is 0 Å². The lowest BCUT2D eigenvalue weighted by atomic mass is 9.82. The van der Waals surface area contributed by atoms with Crippen LogP contribution in [-0.2, 0) is 0 Å². The molecule has 0 aliphatic carbocycles. The van der Waals surface area contributed by atoms with E-state index in [1.807, 2.05) is 0 Å². The molecule has 1 unspecified atom stereocenters. The smallest absolute Gasteiger partial charge is 0.0403 e. The van der Waals surface area contributed by atoms with E-state index >= 15 is 0 Å². The van der Waals surface area contributed by atoms with Crippen molar-refractivity contribution < 1.29 is 0 Å². The molecule has 0 radical (unpaired) electrons. The summed E-state index contributed by atoms with van der Waals surface area (Å²) in [6.45, 7) is 6.96. The van der Waals surface area contributed by atoms with Crippen LogP contribution in [0.5, 0.6) is 0 Å². The lowest BCUT2D eigenvalue weighted by Gasteiger charge is -2.39. The van der Waals surface area contributed by atoms with E-state index in [1.165, 1.54) is 34.9 Å². The van der Waals surface area contributed by atoms with Crippen LogP contribution >= 0.6 is 11.8 Å². The Hall–Kier alpha value is -0.830. The lowest BCUT2D eigenvalue weighted by Crippen LogP contribution is -2.41. The largest absolute Gasteiger partial charge is 0.381 e. The summed E-state index contributed by atoms with van der Waals surface area (Å²) in [6.07, 6.45) is 1.30. The number of benzene rings is 1. The maximum atomic E-state index is 3.77. The summed E-state index contributed by atoms with van der Waals surface area (Å²) in [6, 6.07) is 7.24. The summed E-state index contributed by atoms with van der Waals surface area (Å²) in [4.78, 5) is 2.15. The van der Waals surface area contributed by atoms with Crippen molar-refractivity contribution in [3.63, 3.8) is 0 Å². The molecule has 1 N–H and O–H groups in total. The molecule has 3 heteroatoms. The summed E-state index contributed by atoms with van der Waals surface area (Å²) in [5.74, 6) is 2.51. The maximum Gasteiger partial charge on any atom is 0.0403 e. The van der Waals surface area contributed by atoms with Crippen LogP contribution in [-0.4, -0.2) is 31.6 Å². The summed E-state index contributed by atoms with van der Waals surface area (Å²) < 4.78 is 0. The molecule has 1 aliphatic heterocycles. The van der Waals surface area contributed by atoms with Gasteiger partial charge in [0.25, 0.3) is 0 Å². The first-order valence-corrected chi connectivity index (χ1v) is 8.18. The molecule has 1 heterocycles. The second-order valence-corrected chi connectivity index (χ2v) is 7.55. The molecule has 1 aliphatic rings. The minimum Gasteiger partial charge on any atom is -0.381 e. The monoisotopic (exact) mass is 278 g/mol. The number of rotatable bonds is 3. The fourth-order valence-corrected chi connectivity index (χ4v) is 4.06. The topological polar surface area (TPSA) is 15.3 Å². The van der Waals surface area contributed by atoms with Gasteiger partial charge < -0.3 is 10.2 Å². The SMILES string of the molecule is Cc1cc(N(C)C)ccc1NC1CSCCC1(C)C. The predicted octanol–water partition coefficient (Wildman–Crippen LogP) is 4.00. The van der Waals surface area contributed by atoms with Gasteiger partial charge in [0.05, 0.1) is 0 Å². The molecule has 1 saturated heterocycles. The van der Waals surface area contributed by atoms with Crippen LogP contribution < -0.4 is 10.2 Å². The molecule has 19 heavy (non-hydrogen) atoms. The molecule has 0 spiro atoms. The van der Waals surface area contributed by atoms with E-state index in [-0.39, 0.29) is 0 Å². The second-order valence-electron chi connectivity index (χ2n) is 6.40. The zero-order valence-corrected chi connectivity index (χ0v) is 13.6. The highest BCUT2D eigenvalue weighted by Gasteiger charge is 2.32. The number of thioether (sulfide) groups is 1. The quantitative estimate of drug-likeness (QED) is 0.899. The van der Waals surface area contributed by atoms with Crippen molar-refractivity contribution in [1.82, 2.24) is 0 Å². The van der Waals surface area contributed by atoms with Crippen molar-refractivity contribution in [3.05, 3.63) is 23.8 Å². The van der Waals surface area contributed by atoms with Gasteiger partial charge >= 0.3 is 0 Å². The number of nitrogens with zero attached hydrogens (tertiary/aromatic N) is 1. The van der Waals surface area contributed by atoms with Gasteiger partial charge in [-0.3, -0.25) is 0 Å². The molecular weight excluding hydrogens is 252 g/mol. The lowest BCUT2D eigenvalue weighted by molar-refractivity contribution is 0.305. The molecule has 0 saturated carbocycles. The van der Waals surface area contributed by atoms with Gasteiger partial charge in [-0.25, -0.2) is 0 Å². The van der Waals surface area contributed by atoms with Crippen LogP contribution in [0, 0.1) is 12.3 Å². The Labute approximate surface area is 122 Å². The molecule has 1 aromatic carbocycles. The zero-order valence-electron chi connectivity index (χ0n) is 12.8. The van der Waals surface area contributed by atoms with Crippen molar-refractivity contribution >= 4 is 23.1 Å². The molecule has 106 valence electrons.